The fourth-order valence-corrected chi connectivity index (χ4v) is 5.58. The van der Waals surface area contributed by atoms with Crippen LogP contribution in [0.15, 0.2) is 48.1 Å². The second kappa shape index (κ2) is 18.0. The molecule has 4 rings (SSSR count). The number of aromatic nitrogens is 3. The van der Waals surface area contributed by atoms with Gasteiger partial charge < -0.3 is 31.1 Å². The third-order valence-electron chi connectivity index (χ3n) is 7.01. The van der Waals surface area contributed by atoms with Gasteiger partial charge in [-0.15, -0.1) is 11.3 Å². The molecule has 0 saturated carbocycles. The Labute approximate surface area is 274 Å². The van der Waals surface area contributed by atoms with Crippen LogP contribution in [0.1, 0.15) is 81.2 Å². The van der Waals surface area contributed by atoms with Gasteiger partial charge in [-0.25, -0.2) is 19.7 Å². The predicted molar refractivity (Wildman–Crippen MR) is 169 cm³/mol. The highest BCUT2D eigenvalue weighted by Gasteiger charge is 2.30. The van der Waals surface area contributed by atoms with E-state index in [0.29, 0.717) is 30.8 Å². The molecule has 3 heterocycles. The monoisotopic (exact) mass is 667 g/mol. The Balaban J connectivity index is 0.00000192. The topological polar surface area (TPSA) is 219 Å². The highest BCUT2D eigenvalue weighted by Crippen LogP contribution is 2.26. The van der Waals surface area contributed by atoms with Gasteiger partial charge in [0, 0.05) is 18.3 Å². The van der Waals surface area contributed by atoms with E-state index in [1.54, 1.807) is 5.38 Å². The van der Waals surface area contributed by atoms with Crippen molar-refractivity contribution in [1.29, 1.82) is 0 Å². The lowest BCUT2D eigenvalue weighted by Gasteiger charge is -2.25. The molecule has 1 aromatic carbocycles. The molecule has 0 fully saturated rings. The summed E-state index contributed by atoms with van der Waals surface area (Å²) in [7, 11) is 1.21. The van der Waals surface area contributed by atoms with Gasteiger partial charge in [-0.3, -0.25) is 24.0 Å². The van der Waals surface area contributed by atoms with Crippen molar-refractivity contribution in [2.75, 3.05) is 13.7 Å². The minimum atomic E-state index is -0.942. The van der Waals surface area contributed by atoms with Gasteiger partial charge in [0.2, 0.25) is 11.8 Å². The van der Waals surface area contributed by atoms with Crippen molar-refractivity contribution in [3.05, 3.63) is 75.8 Å². The number of esters is 1. The summed E-state index contributed by atoms with van der Waals surface area (Å²) in [5.41, 5.74) is 0.898. The molecule has 15 nitrogen and oxygen atoms in total. The Morgan fingerprint density at radius 2 is 1.74 bits per heavy atom. The van der Waals surface area contributed by atoms with Gasteiger partial charge in [0.05, 0.1) is 25.5 Å². The summed E-state index contributed by atoms with van der Waals surface area (Å²) in [4.78, 5) is 85.3. The summed E-state index contributed by atoms with van der Waals surface area (Å²) in [6.45, 7) is 3.88. The van der Waals surface area contributed by atoms with Crippen LogP contribution in [-0.2, 0) is 25.5 Å². The van der Waals surface area contributed by atoms with E-state index < -0.39 is 41.8 Å². The quantitative estimate of drug-likeness (QED) is 0.188. The number of fused-ring (bicyclic) bond motifs is 2. The van der Waals surface area contributed by atoms with E-state index in [0.717, 1.165) is 18.0 Å². The lowest BCUT2D eigenvalue weighted by molar-refractivity contribution is -0.124. The first-order valence-corrected chi connectivity index (χ1v) is 15.6. The summed E-state index contributed by atoms with van der Waals surface area (Å²) in [5.74, 6) is -2.69. The molecule has 2 aromatic heterocycles. The SMILES string of the molecule is COC(=O)c1cnc(C(=O)N[C@H]2CCCCNC(=O)C(Cc3ccccc3)NC(=O)c3csc(n3)[C@@H](C(C)C)NC2=O)cn1.O=CO. The fourth-order valence-electron chi connectivity index (χ4n) is 4.56. The Hall–Kier alpha value is -5.25. The van der Waals surface area contributed by atoms with Gasteiger partial charge in [-0.05, 0) is 30.7 Å². The third kappa shape index (κ3) is 10.7. The predicted octanol–water partition coefficient (Wildman–Crippen LogP) is 1.67. The van der Waals surface area contributed by atoms with Gasteiger partial charge in [-0.2, -0.15) is 0 Å². The number of carboxylic acid groups (broad SMARTS) is 1. The van der Waals surface area contributed by atoms with Gasteiger partial charge in [0.15, 0.2) is 5.69 Å². The summed E-state index contributed by atoms with van der Waals surface area (Å²) in [6.07, 6.45) is 3.85. The number of thiazole rings is 1. The molecule has 1 unspecified atom stereocenters. The minimum absolute atomic E-state index is 0.0594. The Morgan fingerprint density at radius 3 is 2.38 bits per heavy atom. The second-order valence-electron chi connectivity index (χ2n) is 10.7. The van der Waals surface area contributed by atoms with Crippen molar-refractivity contribution >= 4 is 47.4 Å². The number of hydrogen-bond acceptors (Lipinski definition) is 11. The van der Waals surface area contributed by atoms with Crippen LogP contribution in [0.25, 0.3) is 0 Å². The van der Waals surface area contributed by atoms with Gasteiger partial charge >= 0.3 is 5.97 Å². The molecule has 5 N–H and O–H groups in total. The van der Waals surface area contributed by atoms with E-state index in [-0.39, 0.29) is 41.8 Å². The lowest BCUT2D eigenvalue weighted by Crippen LogP contribution is -2.49. The van der Waals surface area contributed by atoms with E-state index in [2.05, 4.69) is 41.0 Å². The Morgan fingerprint density at radius 1 is 1.06 bits per heavy atom. The van der Waals surface area contributed by atoms with E-state index in [1.165, 1.54) is 18.4 Å². The lowest BCUT2D eigenvalue weighted by atomic mass is 10.0. The van der Waals surface area contributed by atoms with E-state index in [4.69, 9.17) is 9.90 Å². The van der Waals surface area contributed by atoms with Crippen molar-refractivity contribution in [2.45, 2.75) is 57.7 Å². The normalized spacial score (nSPS) is 18.8. The fraction of sp³-hybridized carbons (Fsp3) is 0.387. The molecule has 16 heteroatoms. The molecule has 1 aliphatic heterocycles. The van der Waals surface area contributed by atoms with Crippen molar-refractivity contribution in [2.24, 2.45) is 5.92 Å². The molecule has 250 valence electrons. The third-order valence-corrected chi connectivity index (χ3v) is 7.94. The molecule has 3 aromatic rings. The first-order valence-electron chi connectivity index (χ1n) is 14.7. The number of benzene rings is 1. The molecular formula is C31H37N7O8S. The molecular weight excluding hydrogens is 630 g/mol. The molecule has 0 spiro atoms. The maximum absolute atomic E-state index is 13.5. The first-order chi connectivity index (χ1) is 22.6. The number of carbonyl (C=O) groups is 6. The molecule has 47 heavy (non-hydrogen) atoms. The van der Waals surface area contributed by atoms with Crippen LogP contribution in [0.2, 0.25) is 0 Å². The number of hydrogen-bond donors (Lipinski definition) is 5. The van der Waals surface area contributed by atoms with Crippen LogP contribution in [-0.4, -0.2) is 81.9 Å². The van der Waals surface area contributed by atoms with Crippen LogP contribution in [0, 0.1) is 5.92 Å². The van der Waals surface area contributed by atoms with E-state index in [1.807, 2.05) is 44.2 Å². The molecule has 0 saturated heterocycles. The number of nitrogens with one attached hydrogen (secondary N) is 4. The molecule has 1 aliphatic rings. The summed E-state index contributed by atoms with van der Waals surface area (Å²) in [5, 5.41) is 20.4. The average Bonchev–Trinajstić information content (AvgIpc) is 3.56. The molecule has 0 radical (unpaired) electrons. The summed E-state index contributed by atoms with van der Waals surface area (Å²) < 4.78 is 4.61. The molecule has 0 aliphatic carbocycles. The second-order valence-corrected chi connectivity index (χ2v) is 11.6. The van der Waals surface area contributed by atoms with Crippen molar-refractivity contribution in [3.8, 4) is 0 Å². The van der Waals surface area contributed by atoms with Crippen LogP contribution in [0.5, 0.6) is 0 Å². The number of carbonyl (C=O) groups excluding carboxylic acids is 5. The van der Waals surface area contributed by atoms with Gasteiger partial charge in [-0.1, -0.05) is 44.2 Å². The minimum Gasteiger partial charge on any atom is -0.483 e. The van der Waals surface area contributed by atoms with E-state index in [9.17, 15) is 24.0 Å². The number of ether oxygens (including phenoxy) is 1. The zero-order chi connectivity index (χ0) is 34.3. The van der Waals surface area contributed by atoms with Crippen molar-refractivity contribution in [3.63, 3.8) is 0 Å². The summed E-state index contributed by atoms with van der Waals surface area (Å²) in [6, 6.07) is 7.11. The molecule has 3 atom stereocenters. The molecule has 2 bridgehead atoms. The maximum Gasteiger partial charge on any atom is 0.358 e. The zero-order valence-corrected chi connectivity index (χ0v) is 26.9. The highest BCUT2D eigenvalue weighted by molar-refractivity contribution is 7.09. The summed E-state index contributed by atoms with van der Waals surface area (Å²) >= 11 is 1.22. The average molecular weight is 668 g/mol. The standard InChI is InChI=1S/C30H35N7O6S.CH2O2/c1-17(2)24-29-36-23(16-44-29)28(41)35-20(13-18-9-5-4-6-10-18)25(38)31-12-8-7-11-19(26(39)37-24)34-27(40)21-14-33-22(15-32-21)30(42)43-3;2-1-3/h4-6,9-10,14-17,19-20,24H,7-8,11-13H2,1-3H3,(H,31,38)(H,34,40)(H,35,41)(H,37,39);1H,(H,2,3)/t19-,20?,24+;/m0./s1. The number of nitrogens with zero attached hydrogens (tertiary/aromatic N) is 3. The number of amides is 4. The zero-order valence-electron chi connectivity index (χ0n) is 26.1. The van der Waals surface area contributed by atoms with Crippen LogP contribution >= 0.6 is 11.3 Å². The molecule has 4 amide bonds. The highest BCUT2D eigenvalue weighted by atomic mass is 32.1. The van der Waals surface area contributed by atoms with Crippen LogP contribution in [0.4, 0.5) is 0 Å². The largest absolute Gasteiger partial charge is 0.483 e. The Bertz CT molecular complexity index is 1530. The van der Waals surface area contributed by atoms with E-state index >= 15 is 0 Å². The van der Waals surface area contributed by atoms with Gasteiger partial charge in [0.25, 0.3) is 18.3 Å². The first kappa shape index (κ1) is 36.2. The maximum atomic E-state index is 13.5. The van der Waals surface area contributed by atoms with Gasteiger partial charge in [0.1, 0.15) is 28.5 Å². The van der Waals surface area contributed by atoms with Crippen LogP contribution in [0.3, 0.4) is 0 Å². The smallest absolute Gasteiger partial charge is 0.358 e. The number of methoxy groups -OCH3 is 1. The number of rotatable bonds is 6. The van der Waals surface area contributed by atoms with Crippen molar-refractivity contribution in [1.82, 2.24) is 36.2 Å². The van der Waals surface area contributed by atoms with Crippen molar-refractivity contribution < 1.29 is 38.6 Å². The Kier molecular flexibility index (Phi) is 13.9. The van der Waals surface area contributed by atoms with Crippen LogP contribution < -0.4 is 21.3 Å².